The normalized spacial score (nSPS) is 20.4. The van der Waals surface area contributed by atoms with E-state index in [4.69, 9.17) is 28.4 Å². The van der Waals surface area contributed by atoms with Crippen molar-refractivity contribution in [1.82, 2.24) is 10.6 Å². The van der Waals surface area contributed by atoms with Crippen molar-refractivity contribution in [3.05, 3.63) is 0 Å². The number of esters is 3. The van der Waals surface area contributed by atoms with E-state index >= 15 is 0 Å². The molecule has 0 unspecified atom stereocenters. The van der Waals surface area contributed by atoms with Crippen LogP contribution in [0.1, 0.15) is 73.1 Å². The average Bonchev–Trinajstić information content (AvgIpc) is 2.85. The average molecular weight is 575 g/mol. The SMILES string of the molecule is CC(=O)OC[C@H]1O[C@@H](OCCCCC(=O)NCCCNC(=O)CCOCC(C)C)C[C@@H](OC(C)=O)[C@H]1OC(C)=O. The second-order valence-electron chi connectivity index (χ2n) is 9.96. The number of carbonyl (C=O) groups is 5. The third kappa shape index (κ3) is 17.0. The minimum absolute atomic E-state index is 0.0733. The summed E-state index contributed by atoms with van der Waals surface area (Å²) in [5.74, 6) is -1.43. The Morgan fingerprint density at radius 1 is 0.825 bits per heavy atom. The Bertz CT molecular complexity index is 805. The highest BCUT2D eigenvalue weighted by Crippen LogP contribution is 2.27. The first-order chi connectivity index (χ1) is 19.0. The second-order valence-corrected chi connectivity index (χ2v) is 9.96. The van der Waals surface area contributed by atoms with E-state index in [0.717, 1.165) is 0 Å². The summed E-state index contributed by atoms with van der Waals surface area (Å²) in [4.78, 5) is 58.3. The Hall–Kier alpha value is -2.77. The fourth-order valence-electron chi connectivity index (χ4n) is 3.81. The van der Waals surface area contributed by atoms with E-state index in [1.807, 2.05) is 13.8 Å². The monoisotopic (exact) mass is 574 g/mol. The van der Waals surface area contributed by atoms with Crippen LogP contribution in [0, 0.1) is 5.92 Å². The molecule has 0 bridgehead atoms. The lowest BCUT2D eigenvalue weighted by Gasteiger charge is -2.39. The maximum absolute atomic E-state index is 12.1. The van der Waals surface area contributed by atoms with Crippen molar-refractivity contribution in [3.8, 4) is 0 Å². The minimum atomic E-state index is -0.957. The number of hydrogen-bond acceptors (Lipinski definition) is 11. The van der Waals surface area contributed by atoms with Gasteiger partial charge in [-0.1, -0.05) is 13.8 Å². The summed E-state index contributed by atoms with van der Waals surface area (Å²) in [5, 5.41) is 5.63. The predicted molar refractivity (Wildman–Crippen MR) is 142 cm³/mol. The van der Waals surface area contributed by atoms with Gasteiger partial charge in [0.15, 0.2) is 12.4 Å². The van der Waals surface area contributed by atoms with Gasteiger partial charge in [0.25, 0.3) is 0 Å². The lowest BCUT2D eigenvalue weighted by molar-refractivity contribution is -0.266. The van der Waals surface area contributed by atoms with Crippen LogP contribution in [0.4, 0.5) is 0 Å². The Morgan fingerprint density at radius 2 is 1.48 bits per heavy atom. The molecular formula is C27H46N2O11. The van der Waals surface area contributed by atoms with Gasteiger partial charge in [0.1, 0.15) is 18.8 Å². The molecule has 1 rings (SSSR count). The largest absolute Gasteiger partial charge is 0.463 e. The summed E-state index contributed by atoms with van der Waals surface area (Å²) in [7, 11) is 0. The smallest absolute Gasteiger partial charge is 0.303 e. The number of carbonyl (C=O) groups excluding carboxylic acids is 5. The maximum Gasteiger partial charge on any atom is 0.303 e. The van der Waals surface area contributed by atoms with Gasteiger partial charge in [0, 0.05) is 66.3 Å². The van der Waals surface area contributed by atoms with Crippen LogP contribution in [0.25, 0.3) is 0 Å². The van der Waals surface area contributed by atoms with Crippen LogP contribution < -0.4 is 10.6 Å². The minimum Gasteiger partial charge on any atom is -0.463 e. The van der Waals surface area contributed by atoms with Gasteiger partial charge in [-0.3, -0.25) is 24.0 Å². The highest BCUT2D eigenvalue weighted by molar-refractivity contribution is 5.76. The van der Waals surface area contributed by atoms with E-state index < -0.39 is 42.5 Å². The lowest BCUT2D eigenvalue weighted by Crippen LogP contribution is -2.54. The Balaban J connectivity index is 2.29. The Kier molecular flexibility index (Phi) is 17.8. The van der Waals surface area contributed by atoms with E-state index in [-0.39, 0.29) is 31.4 Å². The summed E-state index contributed by atoms with van der Waals surface area (Å²) in [6.45, 7) is 9.82. The zero-order valence-corrected chi connectivity index (χ0v) is 24.4. The van der Waals surface area contributed by atoms with E-state index in [9.17, 15) is 24.0 Å². The molecule has 1 aliphatic rings. The lowest BCUT2D eigenvalue weighted by atomic mass is 10.0. The topological polar surface area (TPSA) is 165 Å². The zero-order chi connectivity index (χ0) is 29.9. The number of ether oxygens (including phenoxy) is 6. The summed E-state index contributed by atoms with van der Waals surface area (Å²) < 4.78 is 32.7. The molecule has 40 heavy (non-hydrogen) atoms. The Labute approximate surface area is 236 Å². The predicted octanol–water partition coefficient (Wildman–Crippen LogP) is 1.40. The molecule has 0 aromatic heterocycles. The van der Waals surface area contributed by atoms with E-state index in [0.29, 0.717) is 64.3 Å². The summed E-state index contributed by atoms with van der Waals surface area (Å²) in [5.41, 5.74) is 0. The first-order valence-electron chi connectivity index (χ1n) is 13.8. The van der Waals surface area contributed by atoms with Crippen LogP contribution in [-0.2, 0) is 52.4 Å². The molecule has 230 valence electrons. The molecular weight excluding hydrogens is 528 g/mol. The van der Waals surface area contributed by atoms with Crippen molar-refractivity contribution in [2.24, 2.45) is 5.92 Å². The molecule has 0 spiro atoms. The highest BCUT2D eigenvalue weighted by Gasteiger charge is 2.44. The molecule has 2 amide bonds. The maximum atomic E-state index is 12.1. The van der Waals surface area contributed by atoms with Crippen LogP contribution >= 0.6 is 0 Å². The molecule has 13 nitrogen and oxygen atoms in total. The summed E-state index contributed by atoms with van der Waals surface area (Å²) >= 11 is 0. The van der Waals surface area contributed by atoms with Gasteiger partial charge in [0.05, 0.1) is 6.61 Å². The molecule has 0 aromatic carbocycles. The standard InChI is InChI=1S/C27H46N2O11/c1-18(2)16-35-14-10-25(34)29-12-8-11-28-24(33)9-6-7-13-36-26-15-22(38-20(4)31)27(39-21(5)32)23(40-26)17-37-19(3)30/h18,22-23,26-27H,6-17H2,1-5H3,(H,28,33)(H,29,34)/t22-,23-,26-,27-/m1/s1. The van der Waals surface area contributed by atoms with Crippen LogP contribution in [0.5, 0.6) is 0 Å². The van der Waals surface area contributed by atoms with Crippen molar-refractivity contribution in [1.29, 1.82) is 0 Å². The first kappa shape index (κ1) is 35.3. The summed E-state index contributed by atoms with van der Waals surface area (Å²) in [6, 6.07) is 0. The molecule has 0 saturated carbocycles. The van der Waals surface area contributed by atoms with E-state index in [1.165, 1.54) is 20.8 Å². The molecule has 0 aromatic rings. The third-order valence-electron chi connectivity index (χ3n) is 5.58. The molecule has 0 radical (unpaired) electrons. The molecule has 0 aliphatic carbocycles. The summed E-state index contributed by atoms with van der Waals surface area (Å²) in [6.07, 6.45) is -0.947. The highest BCUT2D eigenvalue weighted by atomic mass is 16.7. The molecule has 1 aliphatic heterocycles. The molecule has 4 atom stereocenters. The number of hydrogen-bond donors (Lipinski definition) is 2. The van der Waals surface area contributed by atoms with Crippen LogP contribution in [0.15, 0.2) is 0 Å². The number of unbranched alkanes of at least 4 members (excludes halogenated alkanes) is 1. The van der Waals surface area contributed by atoms with Crippen molar-refractivity contribution in [3.63, 3.8) is 0 Å². The Morgan fingerprint density at radius 3 is 2.08 bits per heavy atom. The van der Waals surface area contributed by atoms with Crippen molar-refractivity contribution >= 4 is 29.7 Å². The number of amides is 2. The second kappa shape index (κ2) is 20.2. The van der Waals surface area contributed by atoms with Crippen molar-refractivity contribution in [2.75, 3.05) is 39.5 Å². The van der Waals surface area contributed by atoms with E-state index in [2.05, 4.69) is 10.6 Å². The van der Waals surface area contributed by atoms with Gasteiger partial charge in [-0.05, 0) is 25.2 Å². The zero-order valence-electron chi connectivity index (χ0n) is 24.4. The van der Waals surface area contributed by atoms with Gasteiger partial charge in [-0.2, -0.15) is 0 Å². The molecule has 13 heteroatoms. The third-order valence-corrected chi connectivity index (χ3v) is 5.58. The molecule has 1 fully saturated rings. The van der Waals surface area contributed by atoms with Crippen molar-refractivity contribution in [2.45, 2.75) is 97.7 Å². The quantitative estimate of drug-likeness (QED) is 0.130. The van der Waals surface area contributed by atoms with Crippen LogP contribution in [0.3, 0.4) is 0 Å². The fourth-order valence-corrected chi connectivity index (χ4v) is 3.81. The van der Waals surface area contributed by atoms with Crippen LogP contribution in [-0.4, -0.2) is 93.8 Å². The molecule has 1 saturated heterocycles. The number of rotatable bonds is 19. The van der Waals surface area contributed by atoms with Crippen LogP contribution in [0.2, 0.25) is 0 Å². The van der Waals surface area contributed by atoms with Gasteiger partial charge in [-0.25, -0.2) is 0 Å². The molecule has 1 heterocycles. The first-order valence-corrected chi connectivity index (χ1v) is 13.8. The number of nitrogens with one attached hydrogen (secondary N) is 2. The van der Waals surface area contributed by atoms with Gasteiger partial charge in [0.2, 0.25) is 11.8 Å². The molecule has 2 N–H and O–H groups in total. The van der Waals surface area contributed by atoms with Gasteiger partial charge >= 0.3 is 17.9 Å². The van der Waals surface area contributed by atoms with Crippen molar-refractivity contribution < 1.29 is 52.4 Å². The fraction of sp³-hybridized carbons (Fsp3) is 0.815. The van der Waals surface area contributed by atoms with Gasteiger partial charge < -0.3 is 39.1 Å². The van der Waals surface area contributed by atoms with E-state index in [1.54, 1.807) is 0 Å². The van der Waals surface area contributed by atoms with Gasteiger partial charge in [-0.15, -0.1) is 0 Å².